The molecule has 0 N–H and O–H groups in total. The van der Waals surface area contributed by atoms with Crippen molar-refractivity contribution < 1.29 is 8.83 Å². The fraction of sp³-hybridized carbons (Fsp3) is 0. The van der Waals surface area contributed by atoms with Gasteiger partial charge in [0.15, 0.2) is 0 Å². The van der Waals surface area contributed by atoms with E-state index in [1.165, 1.54) is 5.30 Å². The first-order chi connectivity index (χ1) is 20.7. The second-order valence-corrected chi connectivity index (χ2v) is 13.2. The predicted octanol–water partition coefficient (Wildman–Crippen LogP) is 11.2. The Morgan fingerprint density at radius 1 is 0.452 bits per heavy atom. The number of benzene rings is 6. The number of furan rings is 2. The van der Waals surface area contributed by atoms with Crippen LogP contribution in [0.25, 0.3) is 43.9 Å². The Kier molecular flexibility index (Phi) is 5.28. The van der Waals surface area contributed by atoms with Crippen LogP contribution in [0.1, 0.15) is 0 Å². The second kappa shape index (κ2) is 9.22. The van der Waals surface area contributed by atoms with Gasteiger partial charge in [-0.15, -0.1) is 0 Å². The van der Waals surface area contributed by atoms with Crippen molar-refractivity contribution in [3.8, 4) is 0 Å². The molecule has 0 saturated carbocycles. The Balaban J connectivity index is 1.30. The maximum absolute atomic E-state index is 6.19. The monoisotopic (exact) mass is 624 g/mol. The van der Waals surface area contributed by atoms with Crippen molar-refractivity contribution in [2.45, 2.75) is 0 Å². The Morgan fingerprint density at radius 2 is 0.976 bits per heavy atom. The molecule has 0 saturated heterocycles. The lowest BCUT2D eigenvalue weighted by Crippen LogP contribution is -2.22. The maximum atomic E-state index is 6.19. The van der Waals surface area contributed by atoms with E-state index in [4.69, 9.17) is 8.83 Å². The van der Waals surface area contributed by atoms with E-state index in [-0.39, 0.29) is 0 Å². The van der Waals surface area contributed by atoms with Crippen molar-refractivity contribution in [1.82, 2.24) is 0 Å². The molecular formula is C36H22BrN2O2P. The van der Waals surface area contributed by atoms with Crippen LogP contribution in [-0.2, 0) is 0 Å². The smallest absolute Gasteiger partial charge is 0.138 e. The molecule has 0 radical (unpaired) electrons. The molecule has 0 aliphatic carbocycles. The first-order valence-corrected chi connectivity index (χ1v) is 15.8. The standard InChI is InChI=1S/C36H22BrN2O2P/c37-23-14-17-31-32(20-23)39(25-16-19-36-30(22-25)28-11-5-7-13-34(28)41-36)42(26-8-2-1-3-9-26)38(31)24-15-18-35-29(21-24)27-10-4-6-12-33(27)40-35/h1-22H. The highest BCUT2D eigenvalue weighted by Gasteiger charge is 2.40. The van der Waals surface area contributed by atoms with Crippen molar-refractivity contribution in [3.05, 3.63) is 138 Å². The summed E-state index contributed by atoms with van der Waals surface area (Å²) >= 11 is 3.77. The van der Waals surface area contributed by atoms with Crippen LogP contribution in [0, 0.1) is 0 Å². The van der Waals surface area contributed by atoms with Gasteiger partial charge in [-0.05, 0) is 66.7 Å². The van der Waals surface area contributed by atoms with Gasteiger partial charge in [0.2, 0.25) is 0 Å². The normalized spacial score (nSPS) is 14.9. The topological polar surface area (TPSA) is 32.8 Å². The molecule has 0 fully saturated rings. The molecule has 1 atom stereocenters. The SMILES string of the molecule is Brc1ccc2c(c1)N(c1ccc3oc4ccccc4c3c1)P(c1ccccc1)N2c1ccc2oc3ccccc3c2c1. The van der Waals surface area contributed by atoms with Crippen LogP contribution in [0.4, 0.5) is 22.7 Å². The number of hydrogen-bond donors (Lipinski definition) is 0. The van der Waals surface area contributed by atoms with Gasteiger partial charge >= 0.3 is 0 Å². The van der Waals surface area contributed by atoms with Gasteiger partial charge in [0.05, 0.1) is 11.4 Å². The van der Waals surface area contributed by atoms with Crippen LogP contribution in [0.2, 0.25) is 0 Å². The van der Waals surface area contributed by atoms with Crippen LogP contribution in [0.5, 0.6) is 0 Å². The molecule has 200 valence electrons. The molecule has 6 aromatic carbocycles. The van der Waals surface area contributed by atoms with Crippen LogP contribution in [0.3, 0.4) is 0 Å². The number of nitrogens with zero attached hydrogens (tertiary/aromatic N) is 2. The van der Waals surface area contributed by atoms with E-state index in [9.17, 15) is 0 Å². The van der Waals surface area contributed by atoms with Crippen LogP contribution in [-0.4, -0.2) is 0 Å². The van der Waals surface area contributed by atoms with Crippen molar-refractivity contribution in [2.75, 3.05) is 9.34 Å². The van der Waals surface area contributed by atoms with Crippen molar-refractivity contribution in [1.29, 1.82) is 0 Å². The molecular weight excluding hydrogens is 603 g/mol. The van der Waals surface area contributed by atoms with E-state index in [0.717, 1.165) is 71.1 Å². The van der Waals surface area contributed by atoms with Crippen molar-refractivity contribution in [3.63, 3.8) is 0 Å². The maximum Gasteiger partial charge on any atom is 0.138 e. The summed E-state index contributed by atoms with van der Waals surface area (Å²) in [6, 6.07) is 47.1. The Labute approximate surface area is 251 Å². The molecule has 9 rings (SSSR count). The third-order valence-electron chi connectivity index (χ3n) is 7.97. The number of halogens is 1. The largest absolute Gasteiger partial charge is 0.456 e. The van der Waals surface area contributed by atoms with Crippen LogP contribution >= 0.6 is 24.2 Å². The van der Waals surface area contributed by atoms with E-state index in [0.29, 0.717) is 0 Å². The molecule has 42 heavy (non-hydrogen) atoms. The van der Waals surface area contributed by atoms with Crippen molar-refractivity contribution in [2.24, 2.45) is 0 Å². The summed E-state index contributed by atoms with van der Waals surface area (Å²) in [6.07, 6.45) is 0. The lowest BCUT2D eigenvalue weighted by atomic mass is 10.1. The highest BCUT2D eigenvalue weighted by atomic mass is 79.9. The first-order valence-electron chi connectivity index (χ1n) is 13.8. The number of rotatable bonds is 3. The molecule has 8 aromatic rings. The number of para-hydroxylation sites is 2. The van der Waals surface area contributed by atoms with Gasteiger partial charge in [0.1, 0.15) is 30.6 Å². The molecule has 0 bridgehead atoms. The van der Waals surface area contributed by atoms with E-state index in [2.05, 4.69) is 134 Å². The quantitative estimate of drug-likeness (QED) is 0.183. The first kappa shape index (κ1) is 24.1. The van der Waals surface area contributed by atoms with E-state index in [1.807, 2.05) is 24.3 Å². The van der Waals surface area contributed by atoms with E-state index < -0.39 is 8.22 Å². The molecule has 4 nitrogen and oxygen atoms in total. The summed E-state index contributed by atoms with van der Waals surface area (Å²) < 4.78 is 18.4. The Hall–Kier alpha value is -4.57. The average molecular weight is 625 g/mol. The Morgan fingerprint density at radius 3 is 1.60 bits per heavy atom. The summed E-state index contributed by atoms with van der Waals surface area (Å²) in [5.41, 5.74) is 8.18. The van der Waals surface area contributed by atoms with E-state index >= 15 is 0 Å². The lowest BCUT2D eigenvalue weighted by molar-refractivity contribution is 0.668. The third kappa shape index (κ3) is 3.57. The van der Waals surface area contributed by atoms with Gasteiger partial charge in [-0.3, -0.25) is 9.34 Å². The number of fused-ring (bicyclic) bond motifs is 7. The molecule has 6 heteroatoms. The summed E-state index contributed by atoms with van der Waals surface area (Å²) in [7, 11) is -1.04. The zero-order chi connectivity index (χ0) is 27.8. The summed E-state index contributed by atoms with van der Waals surface area (Å²) in [4.78, 5) is 0. The molecule has 2 aromatic heterocycles. The summed E-state index contributed by atoms with van der Waals surface area (Å²) in [5, 5.41) is 5.75. The fourth-order valence-electron chi connectivity index (χ4n) is 6.12. The van der Waals surface area contributed by atoms with E-state index in [1.54, 1.807) is 0 Å². The Bertz CT molecular complexity index is 2310. The number of hydrogen-bond acceptors (Lipinski definition) is 4. The zero-order valence-electron chi connectivity index (χ0n) is 22.2. The zero-order valence-corrected chi connectivity index (χ0v) is 24.7. The van der Waals surface area contributed by atoms with Gasteiger partial charge in [0, 0.05) is 42.7 Å². The highest BCUT2D eigenvalue weighted by Crippen LogP contribution is 2.65. The molecule has 0 spiro atoms. The molecule has 1 aliphatic heterocycles. The van der Waals surface area contributed by atoms with Gasteiger partial charge in [-0.2, -0.15) is 0 Å². The van der Waals surface area contributed by atoms with Gasteiger partial charge in [0.25, 0.3) is 0 Å². The minimum atomic E-state index is -1.04. The molecule has 0 amide bonds. The second-order valence-electron chi connectivity index (χ2n) is 10.4. The minimum Gasteiger partial charge on any atom is -0.456 e. The summed E-state index contributed by atoms with van der Waals surface area (Å²) in [6.45, 7) is 0. The van der Waals surface area contributed by atoms with Gasteiger partial charge in [-0.25, -0.2) is 0 Å². The van der Waals surface area contributed by atoms with Gasteiger partial charge < -0.3 is 8.83 Å². The minimum absolute atomic E-state index is 0.895. The van der Waals surface area contributed by atoms with Gasteiger partial charge in [-0.1, -0.05) is 82.7 Å². The van der Waals surface area contributed by atoms with Crippen molar-refractivity contribution >= 4 is 96.1 Å². The number of anilines is 4. The lowest BCUT2D eigenvalue weighted by Gasteiger charge is -2.32. The predicted molar refractivity (Wildman–Crippen MR) is 179 cm³/mol. The molecule has 3 heterocycles. The highest BCUT2D eigenvalue weighted by molar-refractivity contribution is 9.10. The fourth-order valence-corrected chi connectivity index (χ4v) is 8.97. The van der Waals surface area contributed by atoms with Crippen LogP contribution in [0.15, 0.2) is 147 Å². The van der Waals surface area contributed by atoms with Crippen LogP contribution < -0.4 is 14.6 Å². The third-order valence-corrected chi connectivity index (χ3v) is 10.9. The average Bonchev–Trinajstić information content (AvgIpc) is 3.70. The summed E-state index contributed by atoms with van der Waals surface area (Å²) in [5.74, 6) is 0. The molecule has 1 aliphatic rings. The molecule has 1 unspecified atom stereocenters.